The Morgan fingerprint density at radius 3 is 2.76 bits per heavy atom. The van der Waals surface area contributed by atoms with Gasteiger partial charge in [0.1, 0.15) is 0 Å². The molecule has 1 N–H and O–H groups in total. The number of aromatic nitrogens is 1. The Labute approximate surface area is 97.3 Å². The van der Waals surface area contributed by atoms with Crippen molar-refractivity contribution in [2.45, 2.75) is 6.42 Å². The molecule has 3 rings (SSSR count). The quantitative estimate of drug-likeness (QED) is 0.761. The van der Waals surface area contributed by atoms with Crippen molar-refractivity contribution in [3.05, 3.63) is 48.0 Å². The van der Waals surface area contributed by atoms with Crippen LogP contribution < -0.4 is 5.32 Å². The van der Waals surface area contributed by atoms with E-state index in [0.717, 1.165) is 22.4 Å². The van der Waals surface area contributed by atoms with Gasteiger partial charge in [0.25, 0.3) is 0 Å². The van der Waals surface area contributed by atoms with Crippen LogP contribution in [0.25, 0.3) is 11.1 Å². The van der Waals surface area contributed by atoms with Gasteiger partial charge < -0.3 is 5.32 Å². The van der Waals surface area contributed by atoms with Crippen molar-refractivity contribution in [2.75, 3.05) is 5.32 Å². The monoisotopic (exact) mass is 228 g/mol. The summed E-state index contributed by atoms with van der Waals surface area (Å²) in [7, 11) is 0. The Hall–Kier alpha value is -2.23. The number of anilines is 1. The number of carbonyl (C=O) groups excluding carboxylic acids is 1. The largest absolute Gasteiger partial charge is 0.326 e. The molecule has 1 aromatic heterocycles. The molecule has 2 heterocycles. The van der Waals surface area contributed by atoms with Gasteiger partial charge in [0, 0.05) is 17.4 Å². The number of fused-ring (bicyclic) bond motifs is 1. The van der Waals surface area contributed by atoms with Gasteiger partial charge >= 0.3 is 0 Å². The molecule has 4 heteroatoms. The molecule has 0 atom stereocenters. The summed E-state index contributed by atoms with van der Waals surface area (Å²) in [4.78, 5) is 14.8. The summed E-state index contributed by atoms with van der Waals surface area (Å²) in [6, 6.07) is 8.69. The normalized spacial score (nSPS) is 13.4. The minimum atomic E-state index is -0.497. The predicted molar refractivity (Wildman–Crippen MR) is 62.0 cm³/mol. The van der Waals surface area contributed by atoms with Crippen LogP contribution in [-0.4, -0.2) is 10.9 Å². The van der Waals surface area contributed by atoms with Gasteiger partial charge in [0.05, 0.1) is 6.42 Å². The van der Waals surface area contributed by atoms with E-state index in [0.29, 0.717) is 6.42 Å². The number of carbonyl (C=O) groups is 1. The highest BCUT2D eigenvalue weighted by molar-refractivity contribution is 5.99. The average molecular weight is 228 g/mol. The summed E-state index contributed by atoms with van der Waals surface area (Å²) in [5.74, 6) is -0.488. The molecule has 0 saturated heterocycles. The topological polar surface area (TPSA) is 42.0 Å². The van der Waals surface area contributed by atoms with Gasteiger partial charge in [-0.1, -0.05) is 12.1 Å². The van der Waals surface area contributed by atoms with Crippen molar-refractivity contribution in [1.82, 2.24) is 4.98 Å². The second kappa shape index (κ2) is 3.66. The second-order valence-electron chi connectivity index (χ2n) is 3.97. The van der Waals surface area contributed by atoms with E-state index in [4.69, 9.17) is 0 Å². The van der Waals surface area contributed by atoms with E-state index in [9.17, 15) is 9.18 Å². The third kappa shape index (κ3) is 1.78. The van der Waals surface area contributed by atoms with Crippen LogP contribution in [0.1, 0.15) is 5.56 Å². The molecule has 0 aliphatic carbocycles. The molecule has 1 amide bonds. The molecular formula is C13H9FN2O. The van der Waals surface area contributed by atoms with Crippen molar-refractivity contribution in [3.8, 4) is 11.1 Å². The molecule has 2 aromatic rings. The standard InChI is InChI=1S/C13H9FN2O/c14-12-4-3-10(7-15-12)8-1-2-9-6-13(17)16-11(9)5-8/h1-5,7H,6H2,(H,16,17). The van der Waals surface area contributed by atoms with Gasteiger partial charge in [0.15, 0.2) is 0 Å². The number of pyridine rings is 1. The second-order valence-corrected chi connectivity index (χ2v) is 3.97. The summed E-state index contributed by atoms with van der Waals surface area (Å²) >= 11 is 0. The van der Waals surface area contributed by atoms with Crippen molar-refractivity contribution in [3.63, 3.8) is 0 Å². The lowest BCUT2D eigenvalue weighted by molar-refractivity contribution is -0.115. The molecule has 1 aliphatic heterocycles. The van der Waals surface area contributed by atoms with Crippen LogP contribution in [0.15, 0.2) is 36.5 Å². The van der Waals surface area contributed by atoms with Crippen LogP contribution in [0.5, 0.6) is 0 Å². The highest BCUT2D eigenvalue weighted by Gasteiger charge is 2.17. The van der Waals surface area contributed by atoms with Crippen LogP contribution in [-0.2, 0) is 11.2 Å². The van der Waals surface area contributed by atoms with Crippen molar-refractivity contribution in [2.24, 2.45) is 0 Å². The van der Waals surface area contributed by atoms with Crippen molar-refractivity contribution in [1.29, 1.82) is 0 Å². The predicted octanol–water partition coefficient (Wildman–Crippen LogP) is 2.38. The fourth-order valence-corrected chi connectivity index (χ4v) is 1.94. The molecule has 1 aromatic carbocycles. The number of hydrogen-bond acceptors (Lipinski definition) is 2. The number of nitrogens with one attached hydrogen (secondary N) is 1. The Morgan fingerprint density at radius 1 is 1.18 bits per heavy atom. The first kappa shape index (κ1) is 9.96. The van der Waals surface area contributed by atoms with E-state index in [1.54, 1.807) is 6.07 Å². The van der Waals surface area contributed by atoms with Gasteiger partial charge in [-0.3, -0.25) is 4.79 Å². The Kier molecular flexibility index (Phi) is 2.14. The number of hydrogen-bond donors (Lipinski definition) is 1. The van der Waals surface area contributed by atoms with Gasteiger partial charge in [-0.2, -0.15) is 4.39 Å². The zero-order chi connectivity index (χ0) is 11.8. The molecule has 0 bridgehead atoms. The lowest BCUT2D eigenvalue weighted by Crippen LogP contribution is -2.03. The fourth-order valence-electron chi connectivity index (χ4n) is 1.94. The molecule has 1 aliphatic rings. The molecule has 17 heavy (non-hydrogen) atoms. The number of nitrogens with zero attached hydrogens (tertiary/aromatic N) is 1. The number of halogens is 1. The SMILES string of the molecule is O=C1Cc2ccc(-c3ccc(F)nc3)cc2N1. The third-order valence-electron chi connectivity index (χ3n) is 2.80. The van der Waals surface area contributed by atoms with Gasteiger partial charge in [-0.05, 0) is 29.3 Å². The molecule has 0 radical (unpaired) electrons. The Balaban J connectivity index is 2.03. The van der Waals surface area contributed by atoms with Crippen molar-refractivity contribution < 1.29 is 9.18 Å². The first-order chi connectivity index (χ1) is 8.22. The average Bonchev–Trinajstić information content (AvgIpc) is 2.69. The lowest BCUT2D eigenvalue weighted by atomic mass is 10.0. The molecular weight excluding hydrogens is 219 g/mol. The van der Waals surface area contributed by atoms with E-state index in [1.807, 2.05) is 18.2 Å². The molecule has 0 spiro atoms. The maximum atomic E-state index is 12.7. The zero-order valence-electron chi connectivity index (χ0n) is 8.90. The highest BCUT2D eigenvalue weighted by Crippen LogP contribution is 2.28. The van der Waals surface area contributed by atoms with Crippen molar-refractivity contribution >= 4 is 11.6 Å². The molecule has 0 saturated carbocycles. The van der Waals surface area contributed by atoms with Gasteiger partial charge in [0.2, 0.25) is 11.9 Å². The summed E-state index contributed by atoms with van der Waals surface area (Å²) < 4.78 is 12.7. The highest BCUT2D eigenvalue weighted by atomic mass is 19.1. The molecule has 3 nitrogen and oxygen atoms in total. The van der Waals surface area contributed by atoms with E-state index >= 15 is 0 Å². The lowest BCUT2D eigenvalue weighted by Gasteiger charge is -2.04. The summed E-state index contributed by atoms with van der Waals surface area (Å²) in [5, 5.41) is 2.79. The van der Waals surface area contributed by atoms with E-state index in [1.165, 1.54) is 12.3 Å². The number of benzene rings is 1. The minimum Gasteiger partial charge on any atom is -0.326 e. The molecule has 84 valence electrons. The van der Waals surface area contributed by atoms with Crippen LogP contribution in [0.2, 0.25) is 0 Å². The van der Waals surface area contributed by atoms with Crippen LogP contribution in [0, 0.1) is 5.95 Å². The van der Waals surface area contributed by atoms with E-state index in [-0.39, 0.29) is 5.91 Å². The van der Waals surface area contributed by atoms with E-state index < -0.39 is 5.95 Å². The summed E-state index contributed by atoms with van der Waals surface area (Å²) in [5.41, 5.74) is 3.57. The Morgan fingerprint density at radius 2 is 2.00 bits per heavy atom. The number of rotatable bonds is 1. The fraction of sp³-hybridized carbons (Fsp3) is 0.0769. The van der Waals surface area contributed by atoms with Crippen LogP contribution >= 0.6 is 0 Å². The van der Waals surface area contributed by atoms with Gasteiger partial charge in [-0.15, -0.1) is 0 Å². The Bertz CT molecular complexity index is 593. The van der Waals surface area contributed by atoms with Gasteiger partial charge in [-0.25, -0.2) is 4.98 Å². The smallest absolute Gasteiger partial charge is 0.228 e. The summed E-state index contributed by atoms with van der Waals surface area (Å²) in [6.45, 7) is 0. The maximum Gasteiger partial charge on any atom is 0.228 e. The summed E-state index contributed by atoms with van der Waals surface area (Å²) in [6.07, 6.45) is 1.91. The van der Waals surface area contributed by atoms with Crippen LogP contribution in [0.4, 0.5) is 10.1 Å². The number of amides is 1. The van der Waals surface area contributed by atoms with E-state index in [2.05, 4.69) is 10.3 Å². The molecule has 0 unspecified atom stereocenters. The third-order valence-corrected chi connectivity index (χ3v) is 2.80. The maximum absolute atomic E-state index is 12.7. The first-order valence-corrected chi connectivity index (χ1v) is 5.27. The van der Waals surface area contributed by atoms with Crippen LogP contribution in [0.3, 0.4) is 0 Å². The minimum absolute atomic E-state index is 0.00869. The zero-order valence-corrected chi connectivity index (χ0v) is 8.90. The first-order valence-electron chi connectivity index (χ1n) is 5.27. The molecule has 0 fully saturated rings.